The van der Waals surface area contributed by atoms with Crippen molar-refractivity contribution in [2.45, 2.75) is 33.3 Å². The van der Waals surface area contributed by atoms with E-state index >= 15 is 0 Å². The molecule has 0 fully saturated rings. The summed E-state index contributed by atoms with van der Waals surface area (Å²) in [5.41, 5.74) is 0.748. The predicted octanol–water partition coefficient (Wildman–Crippen LogP) is 5.18. The molecule has 0 saturated carbocycles. The van der Waals surface area contributed by atoms with Gasteiger partial charge >= 0.3 is 5.97 Å². The molecule has 0 aliphatic carbocycles. The molecule has 1 unspecified atom stereocenters. The van der Waals surface area contributed by atoms with E-state index < -0.39 is 12.1 Å². The summed E-state index contributed by atoms with van der Waals surface area (Å²) in [4.78, 5) is 16.7. The molecule has 0 radical (unpaired) electrons. The average molecular weight is 453 g/mol. The standard InChI is InChI=1S/C19H20INO4/c1-4-13(2)21-25-19(22)14(3)23-16-9-11-18(12-10-16)24-17-7-5-15(20)6-8-17/h5-12,14H,4H2,1-3H3/b21-13+. The molecule has 2 rings (SSSR count). The Bertz CT molecular complexity index is 726. The second kappa shape index (κ2) is 9.41. The third kappa shape index (κ3) is 6.38. The lowest BCUT2D eigenvalue weighted by Crippen LogP contribution is -2.25. The van der Waals surface area contributed by atoms with E-state index in [1.54, 1.807) is 38.1 Å². The van der Waals surface area contributed by atoms with Gasteiger partial charge in [-0.15, -0.1) is 0 Å². The lowest BCUT2D eigenvalue weighted by molar-refractivity contribution is -0.151. The number of benzene rings is 2. The molecule has 25 heavy (non-hydrogen) atoms. The van der Waals surface area contributed by atoms with Crippen LogP contribution in [0.3, 0.4) is 0 Å². The van der Waals surface area contributed by atoms with Gasteiger partial charge in [-0.25, -0.2) is 4.79 Å². The normalized spacial score (nSPS) is 12.4. The second-order valence-electron chi connectivity index (χ2n) is 5.38. The average Bonchev–Trinajstić information content (AvgIpc) is 2.62. The maximum Gasteiger partial charge on any atom is 0.374 e. The number of oxime groups is 1. The maximum absolute atomic E-state index is 11.8. The van der Waals surface area contributed by atoms with Crippen LogP contribution in [0.15, 0.2) is 53.7 Å². The maximum atomic E-state index is 11.8. The monoisotopic (exact) mass is 453 g/mol. The molecule has 132 valence electrons. The molecule has 6 heteroatoms. The van der Waals surface area contributed by atoms with Gasteiger partial charge in [0.1, 0.15) is 17.2 Å². The molecule has 0 aromatic heterocycles. The van der Waals surface area contributed by atoms with E-state index in [-0.39, 0.29) is 0 Å². The van der Waals surface area contributed by atoms with Crippen molar-refractivity contribution >= 4 is 34.3 Å². The van der Waals surface area contributed by atoms with Crippen LogP contribution in [0, 0.1) is 3.57 Å². The Morgan fingerprint density at radius 3 is 2.12 bits per heavy atom. The number of hydrogen-bond donors (Lipinski definition) is 0. The molecule has 0 spiro atoms. The van der Waals surface area contributed by atoms with E-state index in [0.717, 1.165) is 21.5 Å². The number of hydrogen-bond acceptors (Lipinski definition) is 5. The SMILES string of the molecule is CC/C(C)=N/OC(=O)C(C)Oc1ccc(Oc2ccc(I)cc2)cc1. The highest BCUT2D eigenvalue weighted by Gasteiger charge is 2.17. The number of ether oxygens (including phenoxy) is 2. The Morgan fingerprint density at radius 1 is 1.04 bits per heavy atom. The van der Waals surface area contributed by atoms with Gasteiger partial charge in [-0.1, -0.05) is 12.1 Å². The van der Waals surface area contributed by atoms with Gasteiger partial charge < -0.3 is 14.3 Å². The first-order valence-corrected chi connectivity index (χ1v) is 9.00. The van der Waals surface area contributed by atoms with Gasteiger partial charge in [-0.2, -0.15) is 0 Å². The number of carbonyl (C=O) groups is 1. The topological polar surface area (TPSA) is 57.1 Å². The molecule has 1 atom stereocenters. The van der Waals surface area contributed by atoms with E-state index in [2.05, 4.69) is 27.7 Å². The van der Waals surface area contributed by atoms with Crippen molar-refractivity contribution in [2.24, 2.45) is 5.16 Å². The number of rotatable bonds is 7. The summed E-state index contributed by atoms with van der Waals surface area (Å²) in [6, 6.07) is 14.8. The molecular weight excluding hydrogens is 433 g/mol. The van der Waals surface area contributed by atoms with Crippen molar-refractivity contribution in [1.82, 2.24) is 0 Å². The molecule has 0 amide bonds. The molecule has 2 aromatic carbocycles. The van der Waals surface area contributed by atoms with Crippen LogP contribution in [-0.4, -0.2) is 17.8 Å². The van der Waals surface area contributed by atoms with Crippen LogP contribution < -0.4 is 9.47 Å². The minimum atomic E-state index is -0.753. The molecule has 2 aromatic rings. The molecular formula is C19H20INO4. The van der Waals surface area contributed by atoms with Gasteiger partial charge in [0.05, 0.1) is 5.71 Å². The fourth-order valence-corrected chi connectivity index (χ4v) is 2.10. The zero-order chi connectivity index (χ0) is 18.2. The van der Waals surface area contributed by atoms with E-state index in [9.17, 15) is 4.79 Å². The van der Waals surface area contributed by atoms with Gasteiger partial charge in [-0.3, -0.25) is 0 Å². The molecule has 0 saturated heterocycles. The Kier molecular flexibility index (Phi) is 7.24. The van der Waals surface area contributed by atoms with Gasteiger partial charge in [0, 0.05) is 3.57 Å². The smallest absolute Gasteiger partial charge is 0.374 e. The number of halogens is 1. The van der Waals surface area contributed by atoms with Crippen LogP contribution in [0.1, 0.15) is 27.2 Å². The fourth-order valence-electron chi connectivity index (χ4n) is 1.74. The Balaban J connectivity index is 1.91. The van der Waals surface area contributed by atoms with Crippen LogP contribution in [0.4, 0.5) is 0 Å². The van der Waals surface area contributed by atoms with Crippen molar-refractivity contribution in [3.05, 3.63) is 52.1 Å². The van der Waals surface area contributed by atoms with Crippen molar-refractivity contribution in [2.75, 3.05) is 0 Å². The first-order chi connectivity index (χ1) is 12.0. The molecule has 0 N–H and O–H groups in total. The molecule has 5 nitrogen and oxygen atoms in total. The second-order valence-corrected chi connectivity index (χ2v) is 6.62. The van der Waals surface area contributed by atoms with Gasteiger partial charge in [-0.05, 0) is 91.4 Å². The van der Waals surface area contributed by atoms with Crippen LogP contribution in [-0.2, 0) is 9.63 Å². The van der Waals surface area contributed by atoms with Gasteiger partial charge in [0.2, 0.25) is 0 Å². The van der Waals surface area contributed by atoms with Crippen molar-refractivity contribution in [1.29, 1.82) is 0 Å². The molecule has 0 heterocycles. The summed E-state index contributed by atoms with van der Waals surface area (Å²) in [6.07, 6.45) is -0.0266. The minimum absolute atomic E-state index is 0.535. The van der Waals surface area contributed by atoms with Crippen LogP contribution in [0.25, 0.3) is 0 Å². The van der Waals surface area contributed by atoms with Crippen molar-refractivity contribution in [3.8, 4) is 17.2 Å². The zero-order valence-corrected chi connectivity index (χ0v) is 16.5. The number of carbonyl (C=O) groups excluding carboxylic acids is 1. The summed E-state index contributed by atoms with van der Waals surface area (Å²) in [5.74, 6) is 1.46. The minimum Gasteiger partial charge on any atom is -0.479 e. The van der Waals surface area contributed by atoms with Crippen molar-refractivity contribution < 1.29 is 19.1 Å². The molecule has 0 aliphatic heterocycles. The van der Waals surface area contributed by atoms with E-state index in [0.29, 0.717) is 11.5 Å². The Hall–Kier alpha value is -2.09. The zero-order valence-electron chi connectivity index (χ0n) is 14.4. The summed E-state index contributed by atoms with van der Waals surface area (Å²) in [6.45, 7) is 5.35. The predicted molar refractivity (Wildman–Crippen MR) is 105 cm³/mol. The van der Waals surface area contributed by atoms with Crippen LogP contribution >= 0.6 is 22.6 Å². The molecule has 0 aliphatic rings. The fraction of sp³-hybridized carbons (Fsp3) is 0.263. The summed E-state index contributed by atoms with van der Waals surface area (Å²) < 4.78 is 12.5. The van der Waals surface area contributed by atoms with Gasteiger partial charge in [0.25, 0.3) is 0 Å². The van der Waals surface area contributed by atoms with E-state index in [1.165, 1.54) is 0 Å². The third-order valence-corrected chi connectivity index (χ3v) is 4.04. The van der Waals surface area contributed by atoms with E-state index in [1.807, 2.05) is 31.2 Å². The highest BCUT2D eigenvalue weighted by atomic mass is 127. The summed E-state index contributed by atoms with van der Waals surface area (Å²) in [7, 11) is 0. The Labute approximate surface area is 161 Å². The first-order valence-electron chi connectivity index (χ1n) is 7.92. The Morgan fingerprint density at radius 2 is 1.56 bits per heavy atom. The lowest BCUT2D eigenvalue weighted by atomic mass is 10.3. The molecule has 0 bridgehead atoms. The quantitative estimate of drug-likeness (QED) is 0.251. The first kappa shape index (κ1) is 19.2. The highest BCUT2D eigenvalue weighted by Crippen LogP contribution is 2.25. The summed E-state index contributed by atoms with van der Waals surface area (Å²) in [5, 5.41) is 3.74. The van der Waals surface area contributed by atoms with Crippen LogP contribution in [0.2, 0.25) is 0 Å². The third-order valence-electron chi connectivity index (χ3n) is 3.32. The number of nitrogens with zero attached hydrogens (tertiary/aromatic N) is 1. The van der Waals surface area contributed by atoms with Crippen LogP contribution in [0.5, 0.6) is 17.2 Å². The largest absolute Gasteiger partial charge is 0.479 e. The summed E-state index contributed by atoms with van der Waals surface area (Å²) >= 11 is 2.24. The van der Waals surface area contributed by atoms with Gasteiger partial charge in [0.15, 0.2) is 6.10 Å². The van der Waals surface area contributed by atoms with E-state index in [4.69, 9.17) is 14.3 Å². The van der Waals surface area contributed by atoms with Crippen molar-refractivity contribution in [3.63, 3.8) is 0 Å². The highest BCUT2D eigenvalue weighted by molar-refractivity contribution is 14.1. The lowest BCUT2D eigenvalue weighted by Gasteiger charge is -2.12.